The van der Waals surface area contributed by atoms with Gasteiger partial charge in [0.1, 0.15) is 23.6 Å². The van der Waals surface area contributed by atoms with Crippen molar-refractivity contribution >= 4 is 32.5 Å². The molecular weight excluding hydrogens is 415 g/mol. The Labute approximate surface area is 180 Å². The van der Waals surface area contributed by atoms with Crippen LogP contribution in [0.15, 0.2) is 72.8 Å². The molecule has 1 N–H and O–H groups in total. The molecule has 5 aromatic rings. The summed E-state index contributed by atoms with van der Waals surface area (Å²) in [6.45, 7) is 0. The van der Waals surface area contributed by atoms with Crippen LogP contribution in [0.5, 0.6) is 5.75 Å². The molecule has 1 aliphatic heterocycles. The van der Waals surface area contributed by atoms with Crippen molar-refractivity contribution in [1.29, 1.82) is 0 Å². The van der Waals surface area contributed by atoms with E-state index in [2.05, 4.69) is 0 Å². The summed E-state index contributed by atoms with van der Waals surface area (Å²) in [4.78, 5) is 18.6. The smallest absolute Gasteiger partial charge is 0.323 e. The van der Waals surface area contributed by atoms with Crippen LogP contribution in [0.4, 0.5) is 4.39 Å². The van der Waals surface area contributed by atoms with E-state index >= 15 is 0 Å². The van der Waals surface area contributed by atoms with Crippen LogP contribution in [-0.2, 0) is 4.79 Å². The molecule has 3 heterocycles. The highest BCUT2D eigenvalue weighted by Gasteiger charge is 2.42. The van der Waals surface area contributed by atoms with Crippen LogP contribution in [0.3, 0.4) is 0 Å². The van der Waals surface area contributed by atoms with Crippen LogP contribution >= 0.6 is 11.3 Å². The van der Waals surface area contributed by atoms with E-state index in [1.54, 1.807) is 36.4 Å². The van der Waals surface area contributed by atoms with Crippen molar-refractivity contribution < 1.29 is 19.0 Å². The molecule has 2 aromatic heterocycles. The number of carbonyl (C=O) groups excluding carboxylic acids is 1. The third kappa shape index (κ3) is 2.71. The topological polar surface area (TPSA) is 63.8 Å². The molecule has 0 bridgehead atoms. The first-order valence-electron chi connectivity index (χ1n) is 9.76. The van der Waals surface area contributed by atoms with E-state index in [0.717, 1.165) is 10.2 Å². The number of hydrogen-bond acceptors (Lipinski definition) is 5. The number of aliphatic hydroxyl groups excluding tert-OH is 1. The highest BCUT2D eigenvalue weighted by Crippen LogP contribution is 2.45. The van der Waals surface area contributed by atoms with Gasteiger partial charge in [0, 0.05) is 11.1 Å². The highest BCUT2D eigenvalue weighted by atomic mass is 32.1. The number of imidazole rings is 1. The lowest BCUT2D eigenvalue weighted by atomic mass is 9.88. The van der Waals surface area contributed by atoms with Crippen molar-refractivity contribution in [3.8, 4) is 17.0 Å². The molecule has 2 atom stereocenters. The molecular formula is C24H15FN2O3S. The number of aliphatic hydroxyl groups is 1. The molecule has 31 heavy (non-hydrogen) atoms. The van der Waals surface area contributed by atoms with E-state index in [0.29, 0.717) is 33.2 Å². The Kier molecular flexibility index (Phi) is 3.96. The lowest BCUT2D eigenvalue weighted by Crippen LogP contribution is -2.31. The molecule has 1 aliphatic rings. The Balaban J connectivity index is 1.66. The Hall–Kier alpha value is -3.55. The fraction of sp³-hybridized carbons (Fsp3) is 0.0833. The molecule has 5 nitrogen and oxygen atoms in total. The number of halogens is 1. The zero-order chi connectivity index (χ0) is 21.1. The Morgan fingerprint density at radius 1 is 1.00 bits per heavy atom. The zero-order valence-electron chi connectivity index (χ0n) is 16.0. The quantitative estimate of drug-likeness (QED) is 0.313. The normalized spacial score (nSPS) is 18.3. The Bertz CT molecular complexity index is 1470. The van der Waals surface area contributed by atoms with Gasteiger partial charge in [0.15, 0.2) is 4.96 Å². The fourth-order valence-electron chi connectivity index (χ4n) is 4.21. The highest BCUT2D eigenvalue weighted by molar-refractivity contribution is 7.23. The number of fused-ring (bicyclic) bond motifs is 4. The van der Waals surface area contributed by atoms with E-state index in [1.807, 2.05) is 28.7 Å². The van der Waals surface area contributed by atoms with Gasteiger partial charge in [0.05, 0.1) is 21.6 Å². The first-order chi connectivity index (χ1) is 15.1. The van der Waals surface area contributed by atoms with Gasteiger partial charge in [-0.3, -0.25) is 9.20 Å². The number of esters is 1. The molecule has 0 aliphatic carbocycles. The predicted octanol–water partition coefficient (Wildman–Crippen LogP) is 5.09. The number of nitrogens with zero attached hydrogens (tertiary/aromatic N) is 2. The number of aromatic nitrogens is 2. The lowest BCUT2D eigenvalue weighted by Gasteiger charge is -2.28. The summed E-state index contributed by atoms with van der Waals surface area (Å²) < 4.78 is 22.1. The molecule has 0 saturated heterocycles. The van der Waals surface area contributed by atoms with Gasteiger partial charge >= 0.3 is 5.97 Å². The minimum absolute atomic E-state index is 0.357. The minimum Gasteiger partial charge on any atom is -0.426 e. The summed E-state index contributed by atoms with van der Waals surface area (Å²) in [5.41, 5.74) is 3.16. The van der Waals surface area contributed by atoms with Crippen LogP contribution in [0.1, 0.15) is 23.3 Å². The molecule has 152 valence electrons. The predicted molar refractivity (Wildman–Crippen MR) is 116 cm³/mol. The number of rotatable bonds is 2. The van der Waals surface area contributed by atoms with E-state index < -0.39 is 18.0 Å². The summed E-state index contributed by atoms with van der Waals surface area (Å²) >= 11 is 1.49. The van der Waals surface area contributed by atoms with Crippen molar-refractivity contribution in [2.45, 2.75) is 12.0 Å². The van der Waals surface area contributed by atoms with E-state index in [1.165, 1.54) is 23.5 Å². The zero-order valence-corrected chi connectivity index (χ0v) is 16.8. The van der Waals surface area contributed by atoms with Gasteiger partial charge in [-0.05, 0) is 42.5 Å². The average Bonchev–Trinajstić information content (AvgIpc) is 3.31. The summed E-state index contributed by atoms with van der Waals surface area (Å²) in [5.74, 6) is -1.53. The van der Waals surface area contributed by atoms with E-state index in [4.69, 9.17) is 9.72 Å². The molecule has 0 fully saturated rings. The monoisotopic (exact) mass is 430 g/mol. The summed E-state index contributed by atoms with van der Waals surface area (Å²) in [7, 11) is 0. The largest absolute Gasteiger partial charge is 0.426 e. The number of benzene rings is 3. The summed E-state index contributed by atoms with van der Waals surface area (Å²) in [6.07, 6.45) is -1.10. The number of para-hydroxylation sites is 2. The maximum Gasteiger partial charge on any atom is 0.323 e. The lowest BCUT2D eigenvalue weighted by molar-refractivity contribution is -0.141. The average molecular weight is 430 g/mol. The number of carbonyl (C=O) groups is 1. The van der Waals surface area contributed by atoms with Crippen molar-refractivity contribution in [1.82, 2.24) is 9.38 Å². The maximum atomic E-state index is 13.6. The first-order valence-corrected chi connectivity index (χ1v) is 10.6. The first kappa shape index (κ1) is 18.2. The van der Waals surface area contributed by atoms with Crippen molar-refractivity contribution in [3.05, 3.63) is 89.9 Å². The van der Waals surface area contributed by atoms with Crippen LogP contribution in [0.2, 0.25) is 0 Å². The van der Waals surface area contributed by atoms with E-state index in [-0.39, 0.29) is 5.82 Å². The van der Waals surface area contributed by atoms with Gasteiger partial charge in [-0.15, -0.1) is 0 Å². The van der Waals surface area contributed by atoms with Gasteiger partial charge in [0.2, 0.25) is 0 Å². The van der Waals surface area contributed by atoms with Crippen LogP contribution in [-0.4, -0.2) is 20.5 Å². The molecule has 2 unspecified atom stereocenters. The molecule has 0 amide bonds. The fourth-order valence-corrected chi connectivity index (χ4v) is 5.24. The maximum absolute atomic E-state index is 13.6. The number of thiazole rings is 1. The Morgan fingerprint density at radius 3 is 2.58 bits per heavy atom. The van der Waals surface area contributed by atoms with Crippen molar-refractivity contribution in [2.24, 2.45) is 0 Å². The summed E-state index contributed by atoms with van der Waals surface area (Å²) in [6, 6.07) is 20.7. The van der Waals surface area contributed by atoms with Gasteiger partial charge < -0.3 is 9.84 Å². The van der Waals surface area contributed by atoms with Crippen LogP contribution in [0.25, 0.3) is 26.4 Å². The molecule has 0 saturated carbocycles. The molecule has 7 heteroatoms. The summed E-state index contributed by atoms with van der Waals surface area (Å²) in [5, 5.41) is 11.2. The van der Waals surface area contributed by atoms with Crippen molar-refractivity contribution in [3.63, 3.8) is 0 Å². The minimum atomic E-state index is -1.10. The second kappa shape index (κ2) is 6.73. The third-order valence-electron chi connectivity index (χ3n) is 5.62. The SMILES string of the molecule is O=C1Oc2ccccc2C(O)C1c1c(-c2ccc(F)cc2)nc2sc3ccccc3n12. The van der Waals surface area contributed by atoms with Gasteiger partial charge in [-0.25, -0.2) is 9.37 Å². The third-order valence-corrected chi connectivity index (χ3v) is 6.64. The second-order valence-electron chi connectivity index (χ2n) is 7.42. The number of ether oxygens (including phenoxy) is 1. The van der Waals surface area contributed by atoms with Gasteiger partial charge in [-0.2, -0.15) is 0 Å². The van der Waals surface area contributed by atoms with Crippen LogP contribution < -0.4 is 4.74 Å². The number of hydrogen-bond donors (Lipinski definition) is 1. The molecule has 0 radical (unpaired) electrons. The van der Waals surface area contributed by atoms with Gasteiger partial charge in [0.25, 0.3) is 0 Å². The van der Waals surface area contributed by atoms with E-state index in [9.17, 15) is 14.3 Å². The standard InChI is InChI=1S/C24H15FN2O3S/c25-14-11-9-13(10-12-14)20-21(27-16-6-2-4-8-18(16)31-24(27)26-20)19-22(28)15-5-1-3-7-17(15)30-23(19)29/h1-12,19,22,28H. The van der Waals surface area contributed by atoms with Gasteiger partial charge in [-0.1, -0.05) is 41.7 Å². The molecule has 3 aromatic carbocycles. The Morgan fingerprint density at radius 2 is 1.74 bits per heavy atom. The second-order valence-corrected chi connectivity index (χ2v) is 8.43. The molecule has 6 rings (SSSR count). The van der Waals surface area contributed by atoms with Crippen LogP contribution in [0, 0.1) is 5.82 Å². The molecule has 0 spiro atoms. The van der Waals surface area contributed by atoms with Crippen molar-refractivity contribution in [2.75, 3.05) is 0 Å².